The lowest BCUT2D eigenvalue weighted by Gasteiger charge is -2.13. The Balaban J connectivity index is 1.54. The quantitative estimate of drug-likeness (QED) is 0.234. The lowest BCUT2D eigenvalue weighted by Crippen LogP contribution is -2.08. The maximum Gasteiger partial charge on any atom is 0.417 e. The van der Waals surface area contributed by atoms with Crippen LogP contribution in [0.4, 0.5) is 13.2 Å². The Morgan fingerprint density at radius 3 is 2.22 bits per heavy atom. The third kappa shape index (κ3) is 5.04. The highest BCUT2D eigenvalue weighted by Crippen LogP contribution is 2.39. The monoisotopic (exact) mass is 521 g/mol. The van der Waals surface area contributed by atoms with Gasteiger partial charge in [0.15, 0.2) is 5.65 Å². The summed E-state index contributed by atoms with van der Waals surface area (Å²) in [5, 5.41) is 5.08. The van der Waals surface area contributed by atoms with Gasteiger partial charge in [-0.1, -0.05) is 29.8 Å². The predicted molar refractivity (Wildman–Crippen MR) is 139 cm³/mol. The van der Waals surface area contributed by atoms with Crippen LogP contribution in [0.2, 0.25) is 5.02 Å². The first-order valence-electron chi connectivity index (χ1n) is 11.6. The molecular formula is C29H23ClF3N3O. The first-order valence-corrected chi connectivity index (χ1v) is 12.0. The highest BCUT2D eigenvalue weighted by atomic mass is 35.5. The van der Waals surface area contributed by atoms with Gasteiger partial charge < -0.3 is 4.74 Å². The molecule has 5 rings (SSSR count). The van der Waals surface area contributed by atoms with Crippen molar-refractivity contribution in [1.82, 2.24) is 14.8 Å². The Morgan fingerprint density at radius 1 is 0.865 bits per heavy atom. The molecular weight excluding hydrogens is 499 g/mol. The fourth-order valence-corrected chi connectivity index (χ4v) is 4.29. The number of halogens is 4. The number of hydrogen-bond acceptors (Lipinski definition) is 3. The third-order valence-corrected chi connectivity index (χ3v) is 6.57. The second kappa shape index (κ2) is 9.56. The summed E-state index contributed by atoms with van der Waals surface area (Å²) in [5.41, 5.74) is 4.11. The molecule has 0 unspecified atom stereocenters. The number of ether oxygens (including phenoxy) is 1. The van der Waals surface area contributed by atoms with E-state index in [1.165, 1.54) is 4.68 Å². The molecule has 0 atom stereocenters. The lowest BCUT2D eigenvalue weighted by atomic mass is 10.0. The van der Waals surface area contributed by atoms with E-state index >= 15 is 0 Å². The number of fused-ring (bicyclic) bond motifs is 1. The van der Waals surface area contributed by atoms with Crippen LogP contribution in [0.25, 0.3) is 28.0 Å². The molecule has 0 spiro atoms. The average molecular weight is 522 g/mol. The van der Waals surface area contributed by atoms with Gasteiger partial charge in [0.05, 0.1) is 28.0 Å². The molecule has 4 nitrogen and oxygen atoms in total. The number of aryl methyl sites for hydroxylation is 3. The van der Waals surface area contributed by atoms with Crippen LogP contribution in [0.1, 0.15) is 27.9 Å². The van der Waals surface area contributed by atoms with Gasteiger partial charge in [0.1, 0.15) is 12.4 Å². The van der Waals surface area contributed by atoms with Crippen molar-refractivity contribution in [3.05, 3.63) is 106 Å². The Labute approximate surface area is 217 Å². The number of aromatic nitrogens is 3. The molecule has 0 aliphatic rings. The van der Waals surface area contributed by atoms with Gasteiger partial charge in [-0.15, -0.1) is 0 Å². The van der Waals surface area contributed by atoms with E-state index in [0.717, 1.165) is 22.8 Å². The number of pyridine rings is 1. The molecule has 37 heavy (non-hydrogen) atoms. The summed E-state index contributed by atoms with van der Waals surface area (Å²) >= 11 is 5.92. The molecule has 3 aromatic carbocycles. The Kier molecular flexibility index (Phi) is 6.42. The van der Waals surface area contributed by atoms with E-state index in [2.05, 4.69) is 10.1 Å². The van der Waals surface area contributed by atoms with Crippen molar-refractivity contribution in [2.24, 2.45) is 0 Å². The highest BCUT2D eigenvalue weighted by molar-refractivity contribution is 6.30. The molecule has 0 aliphatic carbocycles. The van der Waals surface area contributed by atoms with Gasteiger partial charge in [0.2, 0.25) is 0 Å². The Bertz CT molecular complexity index is 1590. The normalized spacial score (nSPS) is 11.8. The molecule has 8 heteroatoms. The van der Waals surface area contributed by atoms with Crippen LogP contribution in [0.15, 0.2) is 72.8 Å². The molecule has 2 heterocycles. The molecule has 2 aromatic heterocycles. The molecule has 0 aliphatic heterocycles. The molecule has 0 bridgehead atoms. The van der Waals surface area contributed by atoms with Gasteiger partial charge in [-0.25, -0.2) is 9.67 Å². The van der Waals surface area contributed by atoms with Gasteiger partial charge >= 0.3 is 6.18 Å². The summed E-state index contributed by atoms with van der Waals surface area (Å²) in [4.78, 5) is 4.65. The number of hydrogen-bond donors (Lipinski definition) is 0. The van der Waals surface area contributed by atoms with Crippen molar-refractivity contribution in [3.63, 3.8) is 0 Å². The fourth-order valence-electron chi connectivity index (χ4n) is 4.17. The second-order valence-corrected chi connectivity index (χ2v) is 9.39. The van der Waals surface area contributed by atoms with Crippen LogP contribution in [-0.4, -0.2) is 14.8 Å². The van der Waals surface area contributed by atoms with Crippen molar-refractivity contribution in [1.29, 1.82) is 0 Å². The van der Waals surface area contributed by atoms with E-state index in [0.29, 0.717) is 28.6 Å². The molecule has 0 saturated heterocycles. The maximum absolute atomic E-state index is 14.2. The molecule has 0 radical (unpaired) electrons. The number of benzene rings is 3. The summed E-state index contributed by atoms with van der Waals surface area (Å²) in [7, 11) is 0. The van der Waals surface area contributed by atoms with Gasteiger partial charge in [-0.05, 0) is 92.1 Å². The smallest absolute Gasteiger partial charge is 0.417 e. The summed E-state index contributed by atoms with van der Waals surface area (Å²) < 4.78 is 49.8. The van der Waals surface area contributed by atoms with Crippen LogP contribution in [-0.2, 0) is 12.8 Å². The summed E-state index contributed by atoms with van der Waals surface area (Å²) in [6.07, 6.45) is -4.57. The van der Waals surface area contributed by atoms with E-state index in [-0.39, 0.29) is 22.4 Å². The summed E-state index contributed by atoms with van der Waals surface area (Å²) in [6.45, 7) is 5.84. The van der Waals surface area contributed by atoms with Crippen molar-refractivity contribution in [3.8, 4) is 22.7 Å². The zero-order chi connectivity index (χ0) is 26.3. The van der Waals surface area contributed by atoms with Gasteiger partial charge in [-0.3, -0.25) is 0 Å². The zero-order valence-corrected chi connectivity index (χ0v) is 21.2. The van der Waals surface area contributed by atoms with Crippen LogP contribution in [0.5, 0.6) is 5.75 Å². The standard InChI is InChI=1S/C29H23ClF3N3O/c1-17-4-11-23(14-18(17)2)36-28-27(19(3)35-36)25(29(31,32)33)15-26(34-28)21-7-12-24(13-8-21)37-16-20-5-9-22(30)10-6-20/h4-15H,16H2,1-3H3. The minimum Gasteiger partial charge on any atom is -0.489 e. The molecule has 5 aromatic rings. The highest BCUT2D eigenvalue weighted by Gasteiger charge is 2.36. The third-order valence-electron chi connectivity index (χ3n) is 6.32. The van der Waals surface area contributed by atoms with Crippen molar-refractivity contribution in [2.75, 3.05) is 0 Å². The largest absolute Gasteiger partial charge is 0.489 e. The number of rotatable bonds is 5. The van der Waals surface area contributed by atoms with Crippen molar-refractivity contribution >= 4 is 22.6 Å². The van der Waals surface area contributed by atoms with E-state index in [1.54, 1.807) is 43.3 Å². The van der Waals surface area contributed by atoms with Crippen molar-refractivity contribution < 1.29 is 17.9 Å². The summed E-state index contributed by atoms with van der Waals surface area (Å²) in [6, 6.07) is 20.9. The first-order chi connectivity index (χ1) is 17.6. The van der Waals surface area contributed by atoms with Gasteiger partial charge in [0.25, 0.3) is 0 Å². The topological polar surface area (TPSA) is 39.9 Å². The Hall–Kier alpha value is -3.84. The number of alkyl halides is 3. The SMILES string of the molecule is Cc1ccc(-n2nc(C)c3c(C(F)(F)F)cc(-c4ccc(OCc5ccc(Cl)cc5)cc4)nc32)cc1C. The van der Waals surface area contributed by atoms with Gasteiger partial charge in [0, 0.05) is 10.6 Å². The van der Waals surface area contributed by atoms with Crippen LogP contribution in [0.3, 0.4) is 0 Å². The summed E-state index contributed by atoms with van der Waals surface area (Å²) in [5.74, 6) is 0.590. The minimum absolute atomic E-state index is 0.00241. The molecule has 188 valence electrons. The maximum atomic E-state index is 14.2. The predicted octanol–water partition coefficient (Wildman–Crippen LogP) is 8.26. The van der Waals surface area contributed by atoms with E-state index in [9.17, 15) is 13.2 Å². The van der Waals surface area contributed by atoms with E-state index in [1.807, 2.05) is 44.2 Å². The molecule has 0 amide bonds. The Morgan fingerprint density at radius 2 is 1.57 bits per heavy atom. The van der Waals surface area contributed by atoms with Crippen LogP contribution < -0.4 is 4.74 Å². The van der Waals surface area contributed by atoms with Crippen molar-refractivity contribution in [2.45, 2.75) is 33.6 Å². The average Bonchev–Trinajstić information content (AvgIpc) is 3.21. The molecule has 0 N–H and O–H groups in total. The minimum atomic E-state index is -4.57. The molecule has 0 saturated carbocycles. The second-order valence-electron chi connectivity index (χ2n) is 8.96. The lowest BCUT2D eigenvalue weighted by molar-refractivity contribution is -0.136. The fraction of sp³-hybridized carbons (Fsp3) is 0.172. The first kappa shape index (κ1) is 24.8. The van der Waals surface area contributed by atoms with E-state index < -0.39 is 11.7 Å². The number of nitrogens with zero attached hydrogens (tertiary/aromatic N) is 3. The van der Waals surface area contributed by atoms with E-state index in [4.69, 9.17) is 16.3 Å². The van der Waals surface area contributed by atoms with Crippen LogP contribution in [0, 0.1) is 20.8 Å². The zero-order valence-electron chi connectivity index (χ0n) is 20.4. The van der Waals surface area contributed by atoms with Gasteiger partial charge in [-0.2, -0.15) is 18.3 Å². The van der Waals surface area contributed by atoms with Crippen LogP contribution >= 0.6 is 11.6 Å². The molecule has 0 fully saturated rings.